The molecular formula is C28H34FN5O5. The molecule has 0 radical (unpaired) electrons. The number of carbonyl (C=O) groups excluding carboxylic acids is 2. The van der Waals surface area contributed by atoms with Crippen LogP contribution in [0, 0.1) is 5.82 Å². The van der Waals surface area contributed by atoms with Crippen molar-refractivity contribution in [2.24, 2.45) is 0 Å². The van der Waals surface area contributed by atoms with Crippen molar-refractivity contribution < 1.29 is 23.1 Å². The lowest BCUT2D eigenvalue weighted by atomic mass is 10.1. The third-order valence-corrected chi connectivity index (χ3v) is 7.41. The Labute approximate surface area is 225 Å². The summed E-state index contributed by atoms with van der Waals surface area (Å²) in [6, 6.07) is 6.20. The Balaban J connectivity index is 1.29. The van der Waals surface area contributed by atoms with Crippen molar-refractivity contribution in [1.82, 2.24) is 19.7 Å². The van der Waals surface area contributed by atoms with E-state index in [2.05, 4.69) is 10.2 Å². The van der Waals surface area contributed by atoms with Crippen molar-refractivity contribution in [3.63, 3.8) is 0 Å². The molecule has 2 saturated heterocycles. The lowest BCUT2D eigenvalue weighted by Gasteiger charge is -2.36. The number of aryl methyl sites for hydroxylation is 1. The van der Waals surface area contributed by atoms with Crippen molar-refractivity contribution >= 4 is 28.4 Å². The van der Waals surface area contributed by atoms with Crippen molar-refractivity contribution in [3.8, 4) is 0 Å². The number of fused-ring (bicyclic) bond motifs is 1. The van der Waals surface area contributed by atoms with Crippen LogP contribution in [-0.2, 0) is 11.3 Å². The van der Waals surface area contributed by atoms with Gasteiger partial charge >= 0.3 is 0 Å². The van der Waals surface area contributed by atoms with Gasteiger partial charge in [0.2, 0.25) is 5.43 Å². The van der Waals surface area contributed by atoms with E-state index in [4.69, 9.17) is 9.15 Å². The minimum Gasteiger partial charge on any atom is -0.459 e. The van der Waals surface area contributed by atoms with Gasteiger partial charge in [-0.3, -0.25) is 19.3 Å². The van der Waals surface area contributed by atoms with Gasteiger partial charge in [0.05, 0.1) is 30.7 Å². The highest BCUT2D eigenvalue weighted by Gasteiger charge is 2.26. The number of furan rings is 1. The monoisotopic (exact) mass is 539 g/mol. The van der Waals surface area contributed by atoms with Crippen LogP contribution in [0.2, 0.25) is 0 Å². The van der Waals surface area contributed by atoms with Gasteiger partial charge in [-0.15, -0.1) is 0 Å². The SMILES string of the molecule is CCn1cc(C(=O)NCCCN2CCOCC2)c(=O)c2cc(F)c(N3CCN(C(=O)c4ccco4)CC3)cc21. The molecule has 0 saturated carbocycles. The lowest BCUT2D eigenvalue weighted by molar-refractivity contribution is 0.0374. The van der Waals surface area contributed by atoms with Gasteiger partial charge in [0.15, 0.2) is 5.76 Å². The fourth-order valence-corrected chi connectivity index (χ4v) is 5.20. The second-order valence-electron chi connectivity index (χ2n) is 9.80. The summed E-state index contributed by atoms with van der Waals surface area (Å²) in [5, 5.41) is 3.02. The minimum absolute atomic E-state index is 0.00734. The molecule has 39 heavy (non-hydrogen) atoms. The first-order valence-electron chi connectivity index (χ1n) is 13.5. The van der Waals surface area contributed by atoms with E-state index in [1.807, 2.05) is 11.8 Å². The van der Waals surface area contributed by atoms with Gasteiger partial charge in [-0.2, -0.15) is 0 Å². The maximum absolute atomic E-state index is 15.4. The van der Waals surface area contributed by atoms with Crippen LogP contribution < -0.4 is 15.6 Å². The summed E-state index contributed by atoms with van der Waals surface area (Å²) in [6.45, 7) is 8.64. The van der Waals surface area contributed by atoms with E-state index in [0.717, 1.165) is 39.3 Å². The Morgan fingerprint density at radius 2 is 1.85 bits per heavy atom. The molecular weight excluding hydrogens is 505 g/mol. The Morgan fingerprint density at radius 3 is 2.54 bits per heavy atom. The van der Waals surface area contributed by atoms with Gasteiger partial charge in [0.1, 0.15) is 11.4 Å². The normalized spacial score (nSPS) is 16.6. The lowest BCUT2D eigenvalue weighted by Crippen LogP contribution is -2.49. The zero-order valence-corrected chi connectivity index (χ0v) is 22.2. The Bertz CT molecular complexity index is 1380. The molecule has 1 aromatic carbocycles. The summed E-state index contributed by atoms with van der Waals surface area (Å²) < 4.78 is 27.7. The van der Waals surface area contributed by atoms with E-state index >= 15 is 4.39 Å². The van der Waals surface area contributed by atoms with Crippen molar-refractivity contribution in [3.05, 3.63) is 64.1 Å². The fraction of sp³-hybridized carbons (Fsp3) is 0.464. The highest BCUT2D eigenvalue weighted by molar-refractivity contribution is 5.98. The minimum atomic E-state index is -0.531. The first-order valence-corrected chi connectivity index (χ1v) is 13.5. The van der Waals surface area contributed by atoms with E-state index in [-0.39, 0.29) is 22.6 Å². The topological polar surface area (TPSA) is 100 Å². The Morgan fingerprint density at radius 1 is 1.08 bits per heavy atom. The molecule has 208 valence electrons. The molecule has 10 nitrogen and oxygen atoms in total. The summed E-state index contributed by atoms with van der Waals surface area (Å²) in [7, 11) is 0. The molecule has 0 aliphatic carbocycles. The first kappa shape index (κ1) is 26.9. The Hall–Kier alpha value is -3.70. The van der Waals surface area contributed by atoms with Crippen LogP contribution >= 0.6 is 0 Å². The standard InChI is InChI=1S/C28H34FN5O5/c1-2-32-19-21(27(36)30-6-4-7-31-12-15-38-16-13-31)26(35)20-17-22(29)24(18-23(20)32)33-8-10-34(11-9-33)28(37)25-5-3-14-39-25/h3,5,14,17-19H,2,4,6-13,15-16H2,1H3,(H,30,36). The number of piperazine rings is 1. The molecule has 2 aliphatic heterocycles. The van der Waals surface area contributed by atoms with Crippen LogP contribution in [0.1, 0.15) is 34.3 Å². The number of hydrogen-bond donors (Lipinski definition) is 1. The number of ether oxygens (including phenoxy) is 1. The molecule has 11 heteroatoms. The Kier molecular flexibility index (Phi) is 8.27. The zero-order valence-electron chi connectivity index (χ0n) is 22.2. The fourth-order valence-electron chi connectivity index (χ4n) is 5.20. The number of halogens is 1. The molecule has 4 heterocycles. The second-order valence-corrected chi connectivity index (χ2v) is 9.80. The third-order valence-electron chi connectivity index (χ3n) is 7.41. The van der Waals surface area contributed by atoms with Gasteiger partial charge in [-0.1, -0.05) is 0 Å². The number of anilines is 1. The summed E-state index contributed by atoms with van der Waals surface area (Å²) in [4.78, 5) is 44.6. The third kappa shape index (κ3) is 5.84. The van der Waals surface area contributed by atoms with Gasteiger partial charge in [-0.25, -0.2) is 4.39 Å². The number of nitrogens with one attached hydrogen (secondary N) is 1. The molecule has 2 fully saturated rings. The number of rotatable bonds is 8. The van der Waals surface area contributed by atoms with E-state index in [1.165, 1.54) is 12.3 Å². The quantitative estimate of drug-likeness (QED) is 0.438. The molecule has 3 aromatic rings. The van der Waals surface area contributed by atoms with Crippen LogP contribution in [0.4, 0.5) is 10.1 Å². The van der Waals surface area contributed by atoms with Crippen LogP contribution in [0.3, 0.4) is 0 Å². The maximum Gasteiger partial charge on any atom is 0.289 e. The van der Waals surface area contributed by atoms with E-state index in [9.17, 15) is 14.4 Å². The molecule has 0 bridgehead atoms. The number of hydrogen-bond acceptors (Lipinski definition) is 7. The molecule has 2 amide bonds. The number of amides is 2. The van der Waals surface area contributed by atoms with Gasteiger partial charge in [0, 0.05) is 63.9 Å². The predicted molar refractivity (Wildman–Crippen MR) is 145 cm³/mol. The largest absolute Gasteiger partial charge is 0.459 e. The van der Waals surface area contributed by atoms with Crippen molar-refractivity contribution in [2.75, 3.05) is 70.5 Å². The average molecular weight is 540 g/mol. The number of pyridine rings is 1. The molecule has 0 unspecified atom stereocenters. The highest BCUT2D eigenvalue weighted by Crippen LogP contribution is 2.26. The average Bonchev–Trinajstić information content (AvgIpc) is 3.51. The number of nitrogens with zero attached hydrogens (tertiary/aromatic N) is 4. The number of aromatic nitrogens is 1. The van der Waals surface area contributed by atoms with Crippen molar-refractivity contribution in [1.29, 1.82) is 0 Å². The summed E-state index contributed by atoms with van der Waals surface area (Å²) >= 11 is 0. The maximum atomic E-state index is 15.4. The van der Waals surface area contributed by atoms with Crippen molar-refractivity contribution in [2.45, 2.75) is 19.9 Å². The molecule has 1 N–H and O–H groups in total. The van der Waals surface area contributed by atoms with Crippen LogP contribution in [-0.4, -0.2) is 91.8 Å². The molecule has 0 atom stereocenters. The van der Waals surface area contributed by atoms with E-state index < -0.39 is 17.2 Å². The summed E-state index contributed by atoms with van der Waals surface area (Å²) in [5.41, 5.74) is 0.457. The van der Waals surface area contributed by atoms with Crippen LogP contribution in [0.15, 0.2) is 45.9 Å². The van der Waals surface area contributed by atoms with Crippen LogP contribution in [0.25, 0.3) is 10.9 Å². The van der Waals surface area contributed by atoms with E-state index in [0.29, 0.717) is 50.5 Å². The van der Waals surface area contributed by atoms with Gasteiger partial charge in [-0.05, 0) is 44.2 Å². The smallest absolute Gasteiger partial charge is 0.289 e. The number of carbonyl (C=O) groups is 2. The summed E-state index contributed by atoms with van der Waals surface area (Å²) in [5.74, 6) is -0.890. The molecule has 0 spiro atoms. The number of morpholine rings is 1. The predicted octanol–water partition coefficient (Wildman–Crippen LogP) is 2.17. The number of benzene rings is 1. The zero-order chi connectivity index (χ0) is 27.4. The molecule has 2 aliphatic rings. The molecule has 5 rings (SSSR count). The second kappa shape index (κ2) is 12.0. The summed E-state index contributed by atoms with van der Waals surface area (Å²) in [6.07, 6.45) is 3.78. The first-order chi connectivity index (χ1) is 19.0. The van der Waals surface area contributed by atoms with Crippen LogP contribution in [0.5, 0.6) is 0 Å². The highest BCUT2D eigenvalue weighted by atomic mass is 19.1. The molecule has 2 aromatic heterocycles. The van der Waals surface area contributed by atoms with Gasteiger partial charge < -0.3 is 28.8 Å². The van der Waals surface area contributed by atoms with E-state index in [1.54, 1.807) is 33.9 Å². The van der Waals surface area contributed by atoms with Gasteiger partial charge in [0.25, 0.3) is 11.8 Å².